The van der Waals surface area contributed by atoms with Gasteiger partial charge in [0.1, 0.15) is 0 Å². The number of hydrogen-bond donors (Lipinski definition) is 1. The van der Waals surface area contributed by atoms with Gasteiger partial charge < -0.3 is 5.32 Å². The van der Waals surface area contributed by atoms with Gasteiger partial charge in [0.2, 0.25) is 0 Å². The Bertz CT molecular complexity index is 408. The van der Waals surface area contributed by atoms with Crippen molar-refractivity contribution < 1.29 is 0 Å². The van der Waals surface area contributed by atoms with Gasteiger partial charge in [-0.2, -0.15) is 5.10 Å². The fourth-order valence-corrected chi connectivity index (χ4v) is 3.79. The Morgan fingerprint density at radius 1 is 1.42 bits per heavy atom. The quantitative estimate of drug-likeness (QED) is 0.905. The van der Waals surface area contributed by atoms with E-state index in [2.05, 4.69) is 44.3 Å². The Hall–Kier alpha value is -0.830. The molecular formula is C16H29N3. The maximum atomic E-state index is 4.55. The predicted octanol–water partition coefficient (Wildman–Crippen LogP) is 3.01. The van der Waals surface area contributed by atoms with E-state index in [-0.39, 0.29) is 0 Å². The molecular weight excluding hydrogens is 234 g/mol. The molecule has 0 amide bonds. The standard InChI is InChI=1S/C16H29N3/c1-12-6-7-14(15(10-12)17-4)16(2,3)11-13-8-9-19(5)18-13/h8-9,12,14-15,17H,6-7,10-11H2,1-5H3. The second-order valence-corrected chi connectivity index (χ2v) is 7.07. The van der Waals surface area contributed by atoms with E-state index in [9.17, 15) is 0 Å². The van der Waals surface area contributed by atoms with E-state index in [1.807, 2.05) is 17.9 Å². The third-order valence-corrected chi connectivity index (χ3v) is 4.89. The number of rotatable bonds is 4. The molecule has 1 fully saturated rings. The minimum atomic E-state index is 0.308. The summed E-state index contributed by atoms with van der Waals surface area (Å²) in [6.07, 6.45) is 7.14. The fourth-order valence-electron chi connectivity index (χ4n) is 3.79. The average molecular weight is 263 g/mol. The van der Waals surface area contributed by atoms with Crippen molar-refractivity contribution in [3.63, 3.8) is 0 Å². The summed E-state index contributed by atoms with van der Waals surface area (Å²) in [6, 6.07) is 2.81. The van der Waals surface area contributed by atoms with Crippen LogP contribution in [0.25, 0.3) is 0 Å². The monoisotopic (exact) mass is 263 g/mol. The highest BCUT2D eigenvalue weighted by Gasteiger charge is 2.38. The minimum Gasteiger partial charge on any atom is -0.317 e. The highest BCUT2D eigenvalue weighted by molar-refractivity contribution is 5.04. The van der Waals surface area contributed by atoms with Crippen molar-refractivity contribution in [3.8, 4) is 0 Å². The van der Waals surface area contributed by atoms with Crippen LogP contribution >= 0.6 is 0 Å². The average Bonchev–Trinajstić information content (AvgIpc) is 2.73. The number of aromatic nitrogens is 2. The van der Waals surface area contributed by atoms with Crippen molar-refractivity contribution in [1.82, 2.24) is 15.1 Å². The lowest BCUT2D eigenvalue weighted by Gasteiger charge is -2.44. The summed E-state index contributed by atoms with van der Waals surface area (Å²) in [6.45, 7) is 7.20. The molecule has 0 aliphatic heterocycles. The molecule has 0 saturated heterocycles. The molecule has 2 rings (SSSR count). The Morgan fingerprint density at radius 3 is 2.74 bits per heavy atom. The first-order valence-electron chi connectivity index (χ1n) is 7.58. The van der Waals surface area contributed by atoms with E-state index in [0.717, 1.165) is 18.3 Å². The van der Waals surface area contributed by atoms with Crippen LogP contribution < -0.4 is 5.32 Å². The van der Waals surface area contributed by atoms with Crippen LogP contribution in [0.4, 0.5) is 0 Å². The molecule has 1 aliphatic carbocycles. The molecule has 108 valence electrons. The zero-order chi connectivity index (χ0) is 14.0. The Morgan fingerprint density at radius 2 is 2.16 bits per heavy atom. The molecule has 3 heteroatoms. The summed E-state index contributed by atoms with van der Waals surface area (Å²) in [5, 5.41) is 8.11. The van der Waals surface area contributed by atoms with Crippen molar-refractivity contribution >= 4 is 0 Å². The van der Waals surface area contributed by atoms with E-state index < -0.39 is 0 Å². The lowest BCUT2D eigenvalue weighted by molar-refractivity contribution is 0.0971. The second-order valence-electron chi connectivity index (χ2n) is 7.07. The van der Waals surface area contributed by atoms with Crippen LogP contribution in [0.15, 0.2) is 12.3 Å². The normalized spacial score (nSPS) is 28.6. The maximum Gasteiger partial charge on any atom is 0.0629 e. The Labute approximate surface area is 117 Å². The van der Waals surface area contributed by atoms with Crippen LogP contribution in [0.3, 0.4) is 0 Å². The topological polar surface area (TPSA) is 29.9 Å². The van der Waals surface area contributed by atoms with Gasteiger partial charge in [-0.05, 0) is 49.6 Å². The molecule has 0 bridgehead atoms. The van der Waals surface area contributed by atoms with Crippen LogP contribution in [0, 0.1) is 17.3 Å². The molecule has 0 spiro atoms. The summed E-state index contributed by atoms with van der Waals surface area (Å²) in [5.74, 6) is 1.61. The van der Waals surface area contributed by atoms with Crippen molar-refractivity contribution in [2.45, 2.75) is 52.5 Å². The molecule has 0 radical (unpaired) electrons. The van der Waals surface area contributed by atoms with Gasteiger partial charge in [-0.15, -0.1) is 0 Å². The van der Waals surface area contributed by atoms with Gasteiger partial charge in [0, 0.05) is 19.3 Å². The third-order valence-electron chi connectivity index (χ3n) is 4.89. The SMILES string of the molecule is CNC1CC(C)CCC1C(C)(C)Cc1ccn(C)n1. The zero-order valence-corrected chi connectivity index (χ0v) is 13.1. The summed E-state index contributed by atoms with van der Waals surface area (Å²) in [5.41, 5.74) is 1.53. The predicted molar refractivity (Wildman–Crippen MR) is 80.0 cm³/mol. The molecule has 1 aromatic rings. The largest absolute Gasteiger partial charge is 0.317 e. The van der Waals surface area contributed by atoms with Gasteiger partial charge in [0.25, 0.3) is 0 Å². The lowest BCUT2D eigenvalue weighted by atomic mass is 9.64. The molecule has 1 heterocycles. The van der Waals surface area contributed by atoms with Crippen molar-refractivity contribution in [2.75, 3.05) is 7.05 Å². The first-order valence-corrected chi connectivity index (χ1v) is 7.58. The van der Waals surface area contributed by atoms with Gasteiger partial charge >= 0.3 is 0 Å². The van der Waals surface area contributed by atoms with Crippen molar-refractivity contribution in [2.24, 2.45) is 24.3 Å². The van der Waals surface area contributed by atoms with Crippen molar-refractivity contribution in [1.29, 1.82) is 0 Å². The molecule has 0 aromatic carbocycles. The molecule has 3 unspecified atom stereocenters. The Kier molecular flexibility index (Phi) is 4.34. The van der Waals surface area contributed by atoms with Crippen LogP contribution in [0.5, 0.6) is 0 Å². The smallest absolute Gasteiger partial charge is 0.0629 e. The summed E-state index contributed by atoms with van der Waals surface area (Å²) < 4.78 is 1.91. The van der Waals surface area contributed by atoms with Gasteiger partial charge in [-0.3, -0.25) is 4.68 Å². The molecule has 3 atom stereocenters. The Balaban J connectivity index is 2.09. The van der Waals surface area contributed by atoms with E-state index in [0.29, 0.717) is 11.5 Å². The van der Waals surface area contributed by atoms with Crippen LogP contribution in [-0.4, -0.2) is 22.9 Å². The van der Waals surface area contributed by atoms with Crippen LogP contribution in [0.2, 0.25) is 0 Å². The first kappa shape index (κ1) is 14.6. The minimum absolute atomic E-state index is 0.308. The zero-order valence-electron chi connectivity index (χ0n) is 13.1. The highest BCUT2D eigenvalue weighted by atomic mass is 15.2. The summed E-state index contributed by atoms with van der Waals surface area (Å²) in [4.78, 5) is 0. The highest BCUT2D eigenvalue weighted by Crippen LogP contribution is 2.41. The van der Waals surface area contributed by atoms with Gasteiger partial charge in [0.15, 0.2) is 0 Å². The van der Waals surface area contributed by atoms with Gasteiger partial charge in [-0.25, -0.2) is 0 Å². The lowest BCUT2D eigenvalue weighted by Crippen LogP contribution is -2.46. The number of nitrogens with zero attached hydrogens (tertiary/aromatic N) is 2. The molecule has 1 aliphatic rings. The molecule has 19 heavy (non-hydrogen) atoms. The van der Waals surface area contributed by atoms with E-state index in [1.165, 1.54) is 25.0 Å². The molecule has 1 aromatic heterocycles. The summed E-state index contributed by atoms with van der Waals surface area (Å²) >= 11 is 0. The van der Waals surface area contributed by atoms with E-state index in [4.69, 9.17) is 0 Å². The van der Waals surface area contributed by atoms with Crippen molar-refractivity contribution in [3.05, 3.63) is 18.0 Å². The number of hydrogen-bond acceptors (Lipinski definition) is 2. The van der Waals surface area contributed by atoms with Gasteiger partial charge in [-0.1, -0.05) is 27.2 Å². The maximum absolute atomic E-state index is 4.55. The molecule has 1 N–H and O–H groups in total. The van der Waals surface area contributed by atoms with Crippen LogP contribution in [0.1, 0.15) is 45.7 Å². The first-order chi connectivity index (χ1) is 8.92. The number of nitrogens with one attached hydrogen (secondary N) is 1. The summed E-state index contributed by atoms with van der Waals surface area (Å²) in [7, 11) is 4.11. The number of aryl methyl sites for hydroxylation is 1. The van der Waals surface area contributed by atoms with Gasteiger partial charge in [0.05, 0.1) is 5.69 Å². The fraction of sp³-hybridized carbons (Fsp3) is 0.812. The third kappa shape index (κ3) is 3.38. The molecule has 3 nitrogen and oxygen atoms in total. The van der Waals surface area contributed by atoms with E-state index in [1.54, 1.807) is 0 Å². The second kappa shape index (κ2) is 5.66. The molecule has 1 saturated carbocycles. The van der Waals surface area contributed by atoms with Crippen LogP contribution in [-0.2, 0) is 13.5 Å². The van der Waals surface area contributed by atoms with E-state index >= 15 is 0 Å².